The Bertz CT molecular complexity index is 1120. The van der Waals surface area contributed by atoms with E-state index >= 15 is 0 Å². The molecule has 0 saturated heterocycles. The van der Waals surface area contributed by atoms with Gasteiger partial charge in [0.25, 0.3) is 5.60 Å². The molecule has 0 aliphatic heterocycles. The molecule has 0 spiro atoms. The summed E-state index contributed by atoms with van der Waals surface area (Å²) in [6.07, 6.45) is -5.34. The molecule has 2 rings (SSSR count). The summed E-state index contributed by atoms with van der Waals surface area (Å²) in [6.45, 7) is 7.80. The van der Waals surface area contributed by atoms with Crippen LogP contribution in [-0.4, -0.2) is 54.0 Å². The summed E-state index contributed by atoms with van der Waals surface area (Å²) >= 11 is 0. The van der Waals surface area contributed by atoms with Crippen molar-refractivity contribution in [1.82, 2.24) is 4.98 Å². The van der Waals surface area contributed by atoms with Gasteiger partial charge in [-0.15, -0.1) is 0 Å². The predicted molar refractivity (Wildman–Crippen MR) is 125 cm³/mol. The first-order chi connectivity index (χ1) is 16.8. The quantitative estimate of drug-likeness (QED) is 0.509. The minimum absolute atomic E-state index is 0.121. The van der Waals surface area contributed by atoms with E-state index in [2.05, 4.69) is 15.0 Å². The van der Waals surface area contributed by atoms with Gasteiger partial charge in [0, 0.05) is 17.8 Å². The van der Waals surface area contributed by atoms with Crippen LogP contribution in [0.1, 0.15) is 48.1 Å². The molecule has 0 bridgehead atoms. The maximum atomic E-state index is 13.6. The van der Waals surface area contributed by atoms with Gasteiger partial charge in [-0.1, -0.05) is 12.1 Å². The molecule has 196 valence electrons. The van der Waals surface area contributed by atoms with Crippen molar-refractivity contribution < 1.29 is 42.1 Å². The number of nitrogens with zero attached hydrogens (tertiary/aromatic N) is 2. The lowest BCUT2D eigenvalue weighted by molar-refractivity contribution is -0.267. The van der Waals surface area contributed by atoms with Gasteiger partial charge in [0.1, 0.15) is 0 Å². The van der Waals surface area contributed by atoms with Gasteiger partial charge >= 0.3 is 24.1 Å². The number of aliphatic hydroxyl groups is 1. The Morgan fingerprint density at radius 2 is 1.58 bits per heavy atom. The first kappa shape index (κ1) is 28.6. The van der Waals surface area contributed by atoms with Crippen LogP contribution in [0.3, 0.4) is 0 Å². The number of amides is 2. The van der Waals surface area contributed by atoms with Crippen molar-refractivity contribution in [3.05, 3.63) is 52.8 Å². The second-order valence-corrected chi connectivity index (χ2v) is 7.62. The fraction of sp³-hybridized carbons (Fsp3) is 0.417. The number of benzene rings is 1. The molecule has 1 aromatic carbocycles. The van der Waals surface area contributed by atoms with Gasteiger partial charge in [0.05, 0.1) is 35.9 Å². The molecule has 2 N–H and O–H groups in total. The molecular formula is C24H28F3N3O6. The zero-order valence-corrected chi connectivity index (χ0v) is 20.5. The normalized spacial score (nSPS) is 12.9. The van der Waals surface area contributed by atoms with Crippen molar-refractivity contribution in [2.75, 3.05) is 30.0 Å². The number of hydrogen-bond acceptors (Lipinski definition) is 7. The highest BCUT2D eigenvalue weighted by atomic mass is 19.4. The molecule has 0 saturated carbocycles. The molecule has 0 radical (unpaired) electrons. The van der Waals surface area contributed by atoms with E-state index in [0.29, 0.717) is 11.4 Å². The van der Waals surface area contributed by atoms with Crippen molar-refractivity contribution in [1.29, 1.82) is 0 Å². The largest absolute Gasteiger partial charge is 0.463 e. The van der Waals surface area contributed by atoms with E-state index < -0.39 is 35.3 Å². The minimum atomic E-state index is -5.34. The molecule has 0 aliphatic rings. The van der Waals surface area contributed by atoms with Crippen molar-refractivity contribution in [3.8, 4) is 0 Å². The third kappa shape index (κ3) is 5.76. The Morgan fingerprint density at radius 1 is 1.00 bits per heavy atom. The van der Waals surface area contributed by atoms with Crippen LogP contribution < -0.4 is 10.2 Å². The lowest BCUT2D eigenvalue weighted by Gasteiger charge is -2.29. The maximum Gasteiger partial charge on any atom is 0.432 e. The zero-order valence-electron chi connectivity index (χ0n) is 20.5. The molecule has 1 aromatic heterocycles. The number of rotatable bonds is 8. The second-order valence-electron chi connectivity index (χ2n) is 7.62. The number of carbonyl (C=O) groups is 3. The van der Waals surface area contributed by atoms with E-state index in [1.54, 1.807) is 27.7 Å². The summed E-state index contributed by atoms with van der Waals surface area (Å²) in [4.78, 5) is 42.6. The smallest absolute Gasteiger partial charge is 0.432 e. The standard InChI is InChI=1S/C24H28F3N3O6/c1-6-30(22(33)29-19-13-18(20(31)35-7-2)14(4)28-15(19)5)17-11-9-16(10-12-17)23(34,24(25,26)27)21(32)36-8-3/h9-13,34H,6-8H2,1-5H3,(H,29,33). The van der Waals surface area contributed by atoms with Gasteiger partial charge in [-0.2, -0.15) is 13.2 Å². The summed E-state index contributed by atoms with van der Waals surface area (Å²) in [5.41, 5.74) is -3.15. The number of aromatic nitrogens is 1. The molecular weight excluding hydrogens is 483 g/mol. The Kier molecular flexibility index (Phi) is 9.03. The van der Waals surface area contributed by atoms with Crippen LogP contribution in [0.2, 0.25) is 0 Å². The van der Waals surface area contributed by atoms with E-state index in [1.165, 1.54) is 30.0 Å². The molecule has 1 unspecified atom stereocenters. The van der Waals surface area contributed by atoms with Crippen LogP contribution >= 0.6 is 0 Å². The molecule has 1 heterocycles. The summed E-state index contributed by atoms with van der Waals surface area (Å²) in [5.74, 6) is -2.45. The van der Waals surface area contributed by atoms with Gasteiger partial charge < -0.3 is 19.9 Å². The average Bonchev–Trinajstić information content (AvgIpc) is 2.80. The van der Waals surface area contributed by atoms with Gasteiger partial charge in [-0.25, -0.2) is 14.4 Å². The molecule has 0 fully saturated rings. The lowest BCUT2D eigenvalue weighted by Crippen LogP contribution is -2.50. The first-order valence-corrected chi connectivity index (χ1v) is 11.1. The highest BCUT2D eigenvalue weighted by Gasteiger charge is 2.62. The summed E-state index contributed by atoms with van der Waals surface area (Å²) < 4.78 is 50.2. The fourth-order valence-corrected chi connectivity index (χ4v) is 3.41. The Labute approximate surface area is 206 Å². The number of nitrogens with one attached hydrogen (secondary N) is 1. The number of halogens is 3. The van der Waals surface area contributed by atoms with Crippen LogP contribution in [0.5, 0.6) is 0 Å². The summed E-state index contributed by atoms with van der Waals surface area (Å²) in [7, 11) is 0. The zero-order chi connectivity index (χ0) is 27.3. The Balaban J connectivity index is 2.36. The number of aryl methyl sites for hydroxylation is 2. The number of carbonyl (C=O) groups excluding carboxylic acids is 3. The Hall–Kier alpha value is -3.67. The van der Waals surface area contributed by atoms with Gasteiger partial charge in [0.15, 0.2) is 0 Å². The molecule has 12 heteroatoms. The van der Waals surface area contributed by atoms with E-state index in [1.807, 2.05) is 0 Å². The number of anilines is 2. The molecule has 36 heavy (non-hydrogen) atoms. The number of urea groups is 1. The van der Waals surface area contributed by atoms with Crippen LogP contribution in [-0.2, 0) is 19.9 Å². The van der Waals surface area contributed by atoms with E-state index in [0.717, 1.165) is 12.1 Å². The van der Waals surface area contributed by atoms with Crippen LogP contribution in [0.15, 0.2) is 30.3 Å². The second kappa shape index (κ2) is 11.4. The number of pyridine rings is 1. The van der Waals surface area contributed by atoms with Crippen molar-refractivity contribution in [3.63, 3.8) is 0 Å². The van der Waals surface area contributed by atoms with Crippen molar-refractivity contribution >= 4 is 29.3 Å². The van der Waals surface area contributed by atoms with E-state index in [9.17, 15) is 32.7 Å². The maximum absolute atomic E-state index is 13.6. The average molecular weight is 511 g/mol. The van der Waals surface area contributed by atoms with Gasteiger partial charge in [0.2, 0.25) is 0 Å². The van der Waals surface area contributed by atoms with E-state index in [4.69, 9.17) is 4.74 Å². The molecule has 0 aliphatic carbocycles. The first-order valence-electron chi connectivity index (χ1n) is 11.1. The molecule has 2 amide bonds. The summed E-state index contributed by atoms with van der Waals surface area (Å²) in [6, 6.07) is 4.91. The third-order valence-corrected chi connectivity index (χ3v) is 5.28. The molecule has 9 nitrogen and oxygen atoms in total. The van der Waals surface area contributed by atoms with Crippen LogP contribution in [0.25, 0.3) is 0 Å². The number of esters is 2. The number of ether oxygens (including phenoxy) is 2. The van der Waals surface area contributed by atoms with E-state index in [-0.39, 0.29) is 36.7 Å². The van der Waals surface area contributed by atoms with Crippen LogP contribution in [0.4, 0.5) is 29.3 Å². The number of alkyl halides is 3. The topological polar surface area (TPSA) is 118 Å². The number of hydrogen-bond donors (Lipinski definition) is 2. The highest BCUT2D eigenvalue weighted by molar-refractivity contribution is 6.03. The highest BCUT2D eigenvalue weighted by Crippen LogP contribution is 2.40. The Morgan fingerprint density at radius 3 is 2.08 bits per heavy atom. The SMILES string of the molecule is CCOC(=O)c1cc(NC(=O)N(CC)c2ccc(C(O)(C(=O)OCC)C(F)(F)F)cc2)c(C)nc1C. The van der Waals surface area contributed by atoms with Crippen LogP contribution in [0, 0.1) is 13.8 Å². The fourth-order valence-electron chi connectivity index (χ4n) is 3.41. The predicted octanol–water partition coefficient (Wildman–Crippen LogP) is 4.25. The monoisotopic (exact) mass is 511 g/mol. The van der Waals surface area contributed by atoms with Gasteiger partial charge in [-0.05, 0) is 52.8 Å². The third-order valence-electron chi connectivity index (χ3n) is 5.28. The summed E-state index contributed by atoms with van der Waals surface area (Å²) in [5, 5.41) is 12.9. The van der Waals surface area contributed by atoms with Crippen molar-refractivity contribution in [2.24, 2.45) is 0 Å². The van der Waals surface area contributed by atoms with Gasteiger partial charge in [-0.3, -0.25) is 9.88 Å². The molecule has 2 aromatic rings. The minimum Gasteiger partial charge on any atom is -0.463 e. The van der Waals surface area contributed by atoms with Crippen molar-refractivity contribution in [2.45, 2.75) is 46.4 Å². The lowest BCUT2D eigenvalue weighted by atomic mass is 9.93. The molecule has 1 atom stereocenters.